The summed E-state index contributed by atoms with van der Waals surface area (Å²) < 4.78 is 7.15. The first-order chi connectivity index (χ1) is 13.7. The van der Waals surface area contributed by atoms with Gasteiger partial charge >= 0.3 is 0 Å². The Morgan fingerprint density at radius 2 is 1.89 bits per heavy atom. The number of rotatable bonds is 5. The highest BCUT2D eigenvalue weighted by molar-refractivity contribution is 6.00. The highest BCUT2D eigenvalue weighted by Gasteiger charge is 2.25. The molecule has 2 amide bonds. The molecule has 0 aliphatic carbocycles. The lowest BCUT2D eigenvalue weighted by Crippen LogP contribution is -2.40. The minimum atomic E-state index is -0.312. The number of carbonyl (C=O) groups is 2. The Morgan fingerprint density at radius 3 is 2.75 bits per heavy atom. The van der Waals surface area contributed by atoms with Crippen LogP contribution in [0.4, 0.5) is 5.69 Å². The molecule has 9 nitrogen and oxygen atoms in total. The predicted octanol–water partition coefficient (Wildman–Crippen LogP) is 1.09. The van der Waals surface area contributed by atoms with Gasteiger partial charge in [-0.3, -0.25) is 14.5 Å². The minimum Gasteiger partial charge on any atom is -0.491 e. The molecule has 1 aliphatic rings. The summed E-state index contributed by atoms with van der Waals surface area (Å²) in [6, 6.07) is 16.6. The Balaban J connectivity index is 1.45. The normalized spacial score (nSPS) is 13.4. The number of amides is 2. The van der Waals surface area contributed by atoms with Gasteiger partial charge in [0.1, 0.15) is 12.3 Å². The zero-order valence-electron chi connectivity index (χ0n) is 15.0. The van der Waals surface area contributed by atoms with Crippen molar-refractivity contribution >= 4 is 17.5 Å². The average molecular weight is 378 g/mol. The molecule has 2 aromatic carbocycles. The van der Waals surface area contributed by atoms with Crippen molar-refractivity contribution in [2.24, 2.45) is 0 Å². The van der Waals surface area contributed by atoms with Crippen molar-refractivity contribution < 1.29 is 14.3 Å². The molecular formula is C19H18N6O3. The van der Waals surface area contributed by atoms with Gasteiger partial charge in [0.15, 0.2) is 5.82 Å². The van der Waals surface area contributed by atoms with Crippen molar-refractivity contribution in [3.63, 3.8) is 0 Å². The number of hydrogen-bond donors (Lipinski definition) is 1. The van der Waals surface area contributed by atoms with E-state index >= 15 is 0 Å². The fourth-order valence-corrected chi connectivity index (χ4v) is 2.96. The second kappa shape index (κ2) is 7.87. The van der Waals surface area contributed by atoms with Gasteiger partial charge in [0.05, 0.1) is 30.9 Å². The van der Waals surface area contributed by atoms with Gasteiger partial charge in [-0.2, -0.15) is 4.68 Å². The monoisotopic (exact) mass is 378 g/mol. The Morgan fingerprint density at radius 1 is 1.11 bits per heavy atom. The quantitative estimate of drug-likeness (QED) is 0.713. The molecule has 1 N–H and O–H groups in total. The van der Waals surface area contributed by atoms with Crippen LogP contribution in [0.2, 0.25) is 0 Å². The lowest BCUT2D eigenvalue weighted by molar-refractivity contribution is -0.124. The van der Waals surface area contributed by atoms with Crippen LogP contribution in [-0.4, -0.2) is 45.2 Å². The number of benzene rings is 2. The predicted molar refractivity (Wildman–Crippen MR) is 99.9 cm³/mol. The van der Waals surface area contributed by atoms with Crippen molar-refractivity contribution in [3.8, 4) is 11.4 Å². The summed E-state index contributed by atoms with van der Waals surface area (Å²) in [5.41, 5.74) is 1.39. The molecule has 4 rings (SSSR count). The van der Waals surface area contributed by atoms with Crippen LogP contribution in [0.25, 0.3) is 5.69 Å². The molecule has 142 valence electrons. The molecule has 28 heavy (non-hydrogen) atoms. The van der Waals surface area contributed by atoms with Gasteiger partial charge in [0.2, 0.25) is 11.8 Å². The lowest BCUT2D eigenvalue weighted by atomic mass is 10.2. The van der Waals surface area contributed by atoms with E-state index in [0.717, 1.165) is 5.69 Å². The first-order valence-corrected chi connectivity index (χ1v) is 8.84. The molecule has 0 spiro atoms. The summed E-state index contributed by atoms with van der Waals surface area (Å²) in [5, 5.41) is 14.4. The molecule has 1 aliphatic heterocycles. The molecule has 0 radical (unpaired) electrons. The van der Waals surface area contributed by atoms with Crippen molar-refractivity contribution in [3.05, 3.63) is 60.4 Å². The van der Waals surface area contributed by atoms with E-state index in [1.54, 1.807) is 22.9 Å². The second-order valence-corrected chi connectivity index (χ2v) is 6.17. The summed E-state index contributed by atoms with van der Waals surface area (Å²) in [4.78, 5) is 26.4. The number of fused-ring (bicyclic) bond motifs is 1. The van der Waals surface area contributed by atoms with Crippen LogP contribution < -0.4 is 15.0 Å². The Hall–Kier alpha value is -3.75. The number of nitrogens with one attached hydrogen (secondary N) is 1. The molecule has 0 saturated carbocycles. The number of nitrogens with zero attached hydrogens (tertiary/aromatic N) is 5. The summed E-state index contributed by atoms with van der Waals surface area (Å²) in [7, 11) is 0. The SMILES string of the molecule is O=C(CN1C(=O)CCOc2ccccc21)NCc1nnnn1-c1ccccc1. The maximum atomic E-state index is 12.5. The highest BCUT2D eigenvalue weighted by atomic mass is 16.5. The van der Waals surface area contributed by atoms with Crippen molar-refractivity contribution in [2.45, 2.75) is 13.0 Å². The summed E-state index contributed by atoms with van der Waals surface area (Å²) in [6.07, 6.45) is 0.216. The molecular weight excluding hydrogens is 360 g/mol. The molecule has 0 atom stereocenters. The van der Waals surface area contributed by atoms with Gasteiger partial charge in [-0.1, -0.05) is 30.3 Å². The molecule has 1 aromatic heterocycles. The van der Waals surface area contributed by atoms with Gasteiger partial charge in [-0.25, -0.2) is 0 Å². The maximum absolute atomic E-state index is 12.5. The van der Waals surface area contributed by atoms with Gasteiger partial charge in [-0.05, 0) is 34.7 Å². The fraction of sp³-hybridized carbons (Fsp3) is 0.211. The van der Waals surface area contributed by atoms with E-state index < -0.39 is 0 Å². The molecule has 0 unspecified atom stereocenters. The van der Waals surface area contributed by atoms with Crippen molar-refractivity contribution in [1.29, 1.82) is 0 Å². The summed E-state index contributed by atoms with van der Waals surface area (Å²) in [5.74, 6) is 0.613. The van der Waals surface area contributed by atoms with Gasteiger partial charge < -0.3 is 10.1 Å². The molecule has 0 saturated heterocycles. The first-order valence-electron chi connectivity index (χ1n) is 8.84. The van der Waals surface area contributed by atoms with E-state index in [2.05, 4.69) is 20.8 Å². The number of aromatic nitrogens is 4. The number of hydrogen-bond acceptors (Lipinski definition) is 6. The van der Waals surface area contributed by atoms with Crippen LogP contribution in [-0.2, 0) is 16.1 Å². The van der Waals surface area contributed by atoms with Crippen LogP contribution in [0.3, 0.4) is 0 Å². The Bertz CT molecular complexity index is 988. The van der Waals surface area contributed by atoms with Crippen LogP contribution in [0.1, 0.15) is 12.2 Å². The minimum absolute atomic E-state index is 0.105. The van der Waals surface area contributed by atoms with Crippen LogP contribution in [0, 0.1) is 0 Å². The van der Waals surface area contributed by atoms with E-state index in [4.69, 9.17) is 4.74 Å². The summed E-state index contributed by atoms with van der Waals surface area (Å²) >= 11 is 0. The topological polar surface area (TPSA) is 102 Å². The van der Waals surface area contributed by atoms with Crippen molar-refractivity contribution in [2.75, 3.05) is 18.1 Å². The van der Waals surface area contributed by atoms with Gasteiger partial charge in [-0.15, -0.1) is 5.10 Å². The van der Waals surface area contributed by atoms with E-state index in [1.807, 2.05) is 36.4 Å². The second-order valence-electron chi connectivity index (χ2n) is 6.17. The smallest absolute Gasteiger partial charge is 0.240 e. The van der Waals surface area contributed by atoms with Crippen LogP contribution in [0.15, 0.2) is 54.6 Å². The maximum Gasteiger partial charge on any atom is 0.240 e. The summed E-state index contributed by atoms with van der Waals surface area (Å²) in [6.45, 7) is 0.326. The molecule has 0 fully saturated rings. The third kappa shape index (κ3) is 3.68. The van der Waals surface area contributed by atoms with Crippen LogP contribution in [0.5, 0.6) is 5.75 Å². The standard InChI is InChI=1S/C19H18N6O3/c26-18(13-24-15-8-4-5-9-16(15)28-11-10-19(24)27)20-12-17-21-22-23-25(17)14-6-2-1-3-7-14/h1-9H,10-13H2,(H,20,26). The fourth-order valence-electron chi connectivity index (χ4n) is 2.96. The average Bonchev–Trinajstić information content (AvgIpc) is 3.14. The van der Waals surface area contributed by atoms with Crippen LogP contribution >= 0.6 is 0 Å². The Labute approximate surface area is 160 Å². The zero-order valence-corrected chi connectivity index (χ0v) is 15.0. The van der Waals surface area contributed by atoms with Crippen molar-refractivity contribution in [1.82, 2.24) is 25.5 Å². The third-order valence-electron chi connectivity index (χ3n) is 4.31. The van der Waals surface area contributed by atoms with E-state index in [9.17, 15) is 9.59 Å². The first kappa shape index (κ1) is 17.7. The molecule has 9 heteroatoms. The van der Waals surface area contributed by atoms with E-state index in [0.29, 0.717) is 23.9 Å². The van der Waals surface area contributed by atoms with E-state index in [1.165, 1.54) is 4.90 Å². The van der Waals surface area contributed by atoms with Gasteiger partial charge in [0.25, 0.3) is 0 Å². The molecule has 0 bridgehead atoms. The number of para-hydroxylation sites is 3. The highest BCUT2D eigenvalue weighted by Crippen LogP contribution is 2.30. The third-order valence-corrected chi connectivity index (χ3v) is 4.31. The number of tetrazole rings is 1. The number of ether oxygens (including phenoxy) is 1. The van der Waals surface area contributed by atoms with Gasteiger partial charge in [0, 0.05) is 0 Å². The lowest BCUT2D eigenvalue weighted by Gasteiger charge is -2.21. The molecule has 3 aromatic rings. The number of anilines is 1. The number of carbonyl (C=O) groups excluding carboxylic acids is 2. The zero-order chi connectivity index (χ0) is 19.3. The van der Waals surface area contributed by atoms with E-state index in [-0.39, 0.29) is 31.3 Å². The largest absolute Gasteiger partial charge is 0.491 e. The molecule has 2 heterocycles. The Kier molecular flexibility index (Phi) is 4.96.